The third-order valence-corrected chi connectivity index (χ3v) is 1.34. The average Bonchev–Trinajstić information content (AvgIpc) is 2.03. The van der Waals surface area contributed by atoms with Crippen LogP contribution in [0.3, 0.4) is 0 Å². The number of aliphatic hydroxyl groups excluding tert-OH is 1. The van der Waals surface area contributed by atoms with Gasteiger partial charge in [0.15, 0.2) is 0 Å². The van der Waals surface area contributed by atoms with Gasteiger partial charge in [0.1, 0.15) is 12.5 Å². The van der Waals surface area contributed by atoms with E-state index in [0.717, 1.165) is 0 Å². The van der Waals surface area contributed by atoms with Crippen LogP contribution in [-0.4, -0.2) is 17.0 Å². The van der Waals surface area contributed by atoms with Crippen LogP contribution in [0.1, 0.15) is 5.56 Å². The Morgan fingerprint density at radius 1 is 1.27 bits per heavy atom. The van der Waals surface area contributed by atoms with Crippen LogP contribution < -0.4 is 0 Å². The molecule has 3 heteroatoms. The van der Waals surface area contributed by atoms with Gasteiger partial charge in [-0.2, -0.15) is 0 Å². The van der Waals surface area contributed by atoms with Crippen molar-refractivity contribution in [2.75, 3.05) is 6.79 Å². The summed E-state index contributed by atoms with van der Waals surface area (Å²) in [5.41, 5.74) is 0.682. The number of phenolic OH excluding ortho intramolecular Hbond substituents is 1. The largest absolute Gasteiger partial charge is 0.508 e. The van der Waals surface area contributed by atoms with E-state index in [9.17, 15) is 5.11 Å². The number of rotatable bonds is 3. The number of ether oxygens (including phenoxy) is 1. The second-order valence-electron chi connectivity index (χ2n) is 2.11. The summed E-state index contributed by atoms with van der Waals surface area (Å²) >= 11 is 0. The Balaban J connectivity index is 2.62. The molecule has 0 radical (unpaired) electrons. The molecule has 1 aromatic rings. The Kier molecular flexibility index (Phi) is 2.89. The van der Waals surface area contributed by atoms with Crippen LogP contribution in [0.2, 0.25) is 0 Å². The van der Waals surface area contributed by atoms with Gasteiger partial charge in [-0.3, -0.25) is 0 Å². The molecule has 0 aliphatic carbocycles. The van der Waals surface area contributed by atoms with Gasteiger partial charge < -0.3 is 14.9 Å². The van der Waals surface area contributed by atoms with Crippen LogP contribution in [-0.2, 0) is 11.3 Å². The van der Waals surface area contributed by atoms with Crippen LogP contribution >= 0.6 is 0 Å². The quantitative estimate of drug-likeness (QED) is 0.635. The highest BCUT2D eigenvalue weighted by molar-refractivity contribution is 5.30. The second-order valence-corrected chi connectivity index (χ2v) is 2.11. The molecule has 2 N–H and O–H groups in total. The van der Waals surface area contributed by atoms with E-state index in [4.69, 9.17) is 9.84 Å². The minimum absolute atomic E-state index is 0.195. The van der Waals surface area contributed by atoms with Crippen molar-refractivity contribution in [1.29, 1.82) is 0 Å². The Morgan fingerprint density at radius 2 is 2.00 bits per heavy atom. The molecule has 1 aromatic carbocycles. The van der Waals surface area contributed by atoms with Crippen LogP contribution in [0.25, 0.3) is 0 Å². The number of benzene rings is 1. The lowest BCUT2D eigenvalue weighted by atomic mass is 10.2. The lowest BCUT2D eigenvalue weighted by Gasteiger charge is -2.02. The molecule has 0 spiro atoms. The zero-order valence-electron chi connectivity index (χ0n) is 6.03. The van der Waals surface area contributed by atoms with Crippen molar-refractivity contribution in [2.24, 2.45) is 0 Å². The van der Waals surface area contributed by atoms with Crippen LogP contribution in [0, 0.1) is 0 Å². The van der Waals surface area contributed by atoms with E-state index in [1.54, 1.807) is 24.3 Å². The van der Waals surface area contributed by atoms with E-state index in [1.165, 1.54) is 0 Å². The van der Waals surface area contributed by atoms with Crippen molar-refractivity contribution in [3.63, 3.8) is 0 Å². The van der Waals surface area contributed by atoms with Crippen molar-refractivity contribution in [1.82, 2.24) is 0 Å². The molecule has 0 atom stereocenters. The first kappa shape index (κ1) is 8.04. The molecule has 0 aromatic heterocycles. The van der Waals surface area contributed by atoms with Crippen LogP contribution in [0.5, 0.6) is 5.75 Å². The third kappa shape index (κ3) is 2.22. The van der Waals surface area contributed by atoms with Crippen molar-refractivity contribution in [2.45, 2.75) is 6.61 Å². The summed E-state index contributed by atoms with van der Waals surface area (Å²) in [4.78, 5) is 0. The molecule has 0 fully saturated rings. The summed E-state index contributed by atoms with van der Waals surface area (Å²) in [6.45, 7) is -0.0858. The molecule has 0 aliphatic heterocycles. The molecule has 0 heterocycles. The van der Waals surface area contributed by atoms with E-state index in [-0.39, 0.29) is 19.1 Å². The van der Waals surface area contributed by atoms with E-state index >= 15 is 0 Å². The van der Waals surface area contributed by atoms with Crippen molar-refractivity contribution in [3.8, 4) is 5.75 Å². The van der Waals surface area contributed by atoms with Crippen molar-refractivity contribution < 1.29 is 14.9 Å². The molecule has 0 saturated heterocycles. The molecule has 0 aliphatic rings. The van der Waals surface area contributed by atoms with Gasteiger partial charge in [0.05, 0.1) is 6.61 Å². The average molecular weight is 154 g/mol. The molecule has 0 unspecified atom stereocenters. The summed E-state index contributed by atoms with van der Waals surface area (Å²) in [5.74, 6) is 0.195. The van der Waals surface area contributed by atoms with Gasteiger partial charge in [0.25, 0.3) is 0 Å². The first-order chi connectivity index (χ1) is 5.34. The molecule has 0 bridgehead atoms. The fourth-order valence-electron chi connectivity index (χ4n) is 0.788. The molecule has 1 rings (SSSR count). The summed E-state index contributed by atoms with van der Waals surface area (Å²) in [7, 11) is 0. The van der Waals surface area contributed by atoms with Crippen molar-refractivity contribution >= 4 is 0 Å². The van der Waals surface area contributed by atoms with Gasteiger partial charge >= 0.3 is 0 Å². The zero-order valence-corrected chi connectivity index (χ0v) is 6.03. The zero-order chi connectivity index (χ0) is 8.10. The van der Waals surface area contributed by atoms with Gasteiger partial charge in [-0.05, 0) is 6.07 Å². The van der Waals surface area contributed by atoms with E-state index in [0.29, 0.717) is 5.56 Å². The number of hydrogen-bond donors (Lipinski definition) is 2. The predicted octanol–water partition coefficient (Wildman–Crippen LogP) is 0.859. The first-order valence-corrected chi connectivity index (χ1v) is 3.30. The lowest BCUT2D eigenvalue weighted by Crippen LogP contribution is -1.93. The lowest BCUT2D eigenvalue weighted by molar-refractivity contribution is -0.0118. The third-order valence-electron chi connectivity index (χ3n) is 1.34. The highest BCUT2D eigenvalue weighted by atomic mass is 16.6. The Bertz CT molecular complexity index is 222. The van der Waals surface area contributed by atoms with Gasteiger partial charge in [0, 0.05) is 5.56 Å². The molecule has 11 heavy (non-hydrogen) atoms. The summed E-state index contributed by atoms with van der Waals surface area (Å²) < 4.78 is 4.70. The maximum absolute atomic E-state index is 9.18. The fourth-order valence-corrected chi connectivity index (χ4v) is 0.788. The number of aliphatic hydroxyl groups is 1. The number of hydrogen-bond acceptors (Lipinski definition) is 3. The van der Waals surface area contributed by atoms with E-state index < -0.39 is 0 Å². The molecule has 60 valence electrons. The van der Waals surface area contributed by atoms with Gasteiger partial charge in [-0.1, -0.05) is 18.2 Å². The molecular weight excluding hydrogens is 144 g/mol. The standard InChI is InChI=1S/C8H10O3/c9-6-11-5-7-3-1-2-4-8(7)10/h1-4,9-10H,5-6H2. The highest BCUT2D eigenvalue weighted by Crippen LogP contribution is 2.15. The normalized spacial score (nSPS) is 9.91. The van der Waals surface area contributed by atoms with E-state index in [2.05, 4.69) is 0 Å². The van der Waals surface area contributed by atoms with Gasteiger partial charge in [0.2, 0.25) is 0 Å². The predicted molar refractivity (Wildman–Crippen MR) is 40.0 cm³/mol. The minimum Gasteiger partial charge on any atom is -0.508 e. The SMILES string of the molecule is OCOCc1ccccc1O. The summed E-state index contributed by atoms with van der Waals surface area (Å²) in [5, 5.41) is 17.5. The number of aromatic hydroxyl groups is 1. The summed E-state index contributed by atoms with van der Waals surface area (Å²) in [6, 6.07) is 6.86. The minimum atomic E-state index is -0.325. The van der Waals surface area contributed by atoms with Gasteiger partial charge in [-0.15, -0.1) is 0 Å². The second kappa shape index (κ2) is 3.95. The van der Waals surface area contributed by atoms with E-state index in [1.807, 2.05) is 0 Å². The maximum Gasteiger partial charge on any atom is 0.144 e. The van der Waals surface area contributed by atoms with Gasteiger partial charge in [-0.25, -0.2) is 0 Å². The molecule has 3 nitrogen and oxygen atoms in total. The smallest absolute Gasteiger partial charge is 0.144 e. The highest BCUT2D eigenvalue weighted by Gasteiger charge is 1.97. The Morgan fingerprint density at radius 3 is 2.64 bits per heavy atom. The Labute approximate surface area is 64.9 Å². The maximum atomic E-state index is 9.18. The number of phenols is 1. The molecular formula is C8H10O3. The van der Waals surface area contributed by atoms with Crippen molar-refractivity contribution in [3.05, 3.63) is 29.8 Å². The van der Waals surface area contributed by atoms with Crippen LogP contribution in [0.15, 0.2) is 24.3 Å². The Hall–Kier alpha value is -1.06. The molecule has 0 saturated carbocycles. The monoisotopic (exact) mass is 154 g/mol. The summed E-state index contributed by atoms with van der Waals surface area (Å²) in [6.07, 6.45) is 0. The van der Waals surface area contributed by atoms with Crippen LogP contribution in [0.4, 0.5) is 0 Å². The first-order valence-electron chi connectivity index (χ1n) is 3.30. The topological polar surface area (TPSA) is 49.7 Å². The molecule has 0 amide bonds. The fraction of sp³-hybridized carbons (Fsp3) is 0.250. The number of para-hydroxylation sites is 1.